The van der Waals surface area contributed by atoms with E-state index in [2.05, 4.69) is 39.5 Å². The number of carbonyl (C=O) groups excluding carboxylic acids is 1. The average Bonchev–Trinajstić information content (AvgIpc) is 3.06. The number of carbonyl (C=O) groups is 1. The van der Waals surface area contributed by atoms with E-state index in [0.717, 1.165) is 29.1 Å². The van der Waals surface area contributed by atoms with Crippen molar-refractivity contribution in [3.8, 4) is 5.75 Å². The molecule has 2 rings (SSSR count). The van der Waals surface area contributed by atoms with Crippen LogP contribution < -0.4 is 0 Å². The topological polar surface area (TPSA) is 40.5 Å². The van der Waals surface area contributed by atoms with Crippen LogP contribution in [0.3, 0.4) is 0 Å². The Bertz CT molecular complexity index is 695. The highest BCUT2D eigenvalue weighted by Crippen LogP contribution is 2.35. The summed E-state index contributed by atoms with van der Waals surface area (Å²) in [5.41, 5.74) is 2.08. The molecule has 4 heteroatoms. The summed E-state index contributed by atoms with van der Waals surface area (Å²) in [5.74, 6) is 0.341. The SMILES string of the molecule is CCN(CC)Cc1cc(C(=O)c2cccs2)cc(C(C)(C)C)c1O. The number of ketones is 1. The Labute approximate surface area is 148 Å². The first-order valence-electron chi connectivity index (χ1n) is 8.44. The van der Waals surface area contributed by atoms with Gasteiger partial charge in [-0.25, -0.2) is 0 Å². The quantitative estimate of drug-likeness (QED) is 0.763. The van der Waals surface area contributed by atoms with Crippen LogP contribution in [0.1, 0.15) is 61.0 Å². The lowest BCUT2D eigenvalue weighted by Crippen LogP contribution is -2.23. The first kappa shape index (κ1) is 18.7. The lowest BCUT2D eigenvalue weighted by molar-refractivity contribution is 0.104. The van der Waals surface area contributed by atoms with Gasteiger partial charge in [0.15, 0.2) is 0 Å². The first-order chi connectivity index (χ1) is 11.3. The zero-order valence-corrected chi connectivity index (χ0v) is 16.0. The van der Waals surface area contributed by atoms with E-state index in [-0.39, 0.29) is 11.2 Å². The van der Waals surface area contributed by atoms with Crippen molar-refractivity contribution in [2.24, 2.45) is 0 Å². The van der Waals surface area contributed by atoms with Crippen LogP contribution in [0, 0.1) is 0 Å². The van der Waals surface area contributed by atoms with Crippen LogP contribution in [0.15, 0.2) is 29.6 Å². The van der Waals surface area contributed by atoms with Crippen LogP contribution in [0.4, 0.5) is 0 Å². The molecule has 0 aliphatic rings. The van der Waals surface area contributed by atoms with E-state index in [4.69, 9.17) is 0 Å². The third kappa shape index (κ3) is 4.05. The molecular weight excluding hydrogens is 318 g/mol. The van der Waals surface area contributed by atoms with Gasteiger partial charge < -0.3 is 5.11 Å². The van der Waals surface area contributed by atoms with Gasteiger partial charge in [0.1, 0.15) is 5.75 Å². The lowest BCUT2D eigenvalue weighted by Gasteiger charge is -2.25. The second-order valence-corrected chi connectivity index (χ2v) is 8.00. The van der Waals surface area contributed by atoms with Crippen molar-refractivity contribution in [1.82, 2.24) is 4.90 Å². The van der Waals surface area contributed by atoms with Gasteiger partial charge in [0.05, 0.1) is 4.88 Å². The molecule has 0 amide bonds. The third-order valence-corrected chi connectivity index (χ3v) is 5.16. The Balaban J connectivity index is 2.54. The van der Waals surface area contributed by atoms with Gasteiger partial charge in [-0.15, -0.1) is 11.3 Å². The van der Waals surface area contributed by atoms with Gasteiger partial charge >= 0.3 is 0 Å². The molecule has 1 heterocycles. The van der Waals surface area contributed by atoms with Gasteiger partial charge in [-0.3, -0.25) is 9.69 Å². The molecule has 3 nitrogen and oxygen atoms in total. The van der Waals surface area contributed by atoms with Crippen LogP contribution in [0.2, 0.25) is 0 Å². The highest BCUT2D eigenvalue weighted by molar-refractivity contribution is 7.12. The van der Waals surface area contributed by atoms with E-state index in [0.29, 0.717) is 17.9 Å². The molecule has 0 saturated carbocycles. The number of aromatic hydroxyl groups is 1. The highest BCUT2D eigenvalue weighted by atomic mass is 32.1. The highest BCUT2D eigenvalue weighted by Gasteiger charge is 2.24. The second-order valence-electron chi connectivity index (χ2n) is 7.05. The van der Waals surface area contributed by atoms with Crippen molar-refractivity contribution in [1.29, 1.82) is 0 Å². The minimum Gasteiger partial charge on any atom is -0.507 e. The van der Waals surface area contributed by atoms with Crippen molar-refractivity contribution < 1.29 is 9.90 Å². The van der Waals surface area contributed by atoms with E-state index in [1.165, 1.54) is 11.3 Å². The maximum absolute atomic E-state index is 12.8. The zero-order valence-electron chi connectivity index (χ0n) is 15.2. The van der Waals surface area contributed by atoms with Crippen LogP contribution in [0.5, 0.6) is 5.75 Å². The standard InChI is InChI=1S/C20H27NO2S/c1-6-21(7-2)13-15-11-14(19(23)17-9-8-10-24-17)12-16(18(15)22)20(3,4)5/h8-12,22H,6-7,13H2,1-5H3. The number of benzene rings is 1. The summed E-state index contributed by atoms with van der Waals surface area (Å²) in [5, 5.41) is 12.7. The number of thiophene rings is 1. The number of hydrogen-bond donors (Lipinski definition) is 1. The molecule has 1 aromatic carbocycles. The molecule has 0 bridgehead atoms. The summed E-state index contributed by atoms with van der Waals surface area (Å²) < 4.78 is 0. The summed E-state index contributed by atoms with van der Waals surface area (Å²) in [6, 6.07) is 7.44. The average molecular weight is 346 g/mol. The van der Waals surface area contributed by atoms with Gasteiger partial charge in [0, 0.05) is 23.2 Å². The van der Waals surface area contributed by atoms with Crippen molar-refractivity contribution in [2.75, 3.05) is 13.1 Å². The molecule has 0 aliphatic heterocycles. The maximum Gasteiger partial charge on any atom is 0.202 e. The molecule has 0 atom stereocenters. The smallest absolute Gasteiger partial charge is 0.202 e. The molecule has 24 heavy (non-hydrogen) atoms. The van der Waals surface area contributed by atoms with Gasteiger partial charge in [-0.1, -0.05) is 40.7 Å². The molecule has 1 N–H and O–H groups in total. The number of phenolic OH excluding ortho intramolecular Hbond substituents is 1. The largest absolute Gasteiger partial charge is 0.507 e. The summed E-state index contributed by atoms with van der Waals surface area (Å²) in [6.45, 7) is 12.8. The molecule has 0 unspecified atom stereocenters. The Morgan fingerprint density at radius 3 is 2.38 bits per heavy atom. The Hall–Kier alpha value is -1.65. The predicted molar refractivity (Wildman–Crippen MR) is 101 cm³/mol. The molecule has 0 spiro atoms. The number of hydrogen-bond acceptors (Lipinski definition) is 4. The minimum absolute atomic E-state index is 0.0243. The summed E-state index contributed by atoms with van der Waals surface area (Å²) >= 11 is 1.45. The summed E-state index contributed by atoms with van der Waals surface area (Å²) in [6.07, 6.45) is 0. The maximum atomic E-state index is 12.8. The van der Waals surface area contributed by atoms with Gasteiger partial charge in [0.25, 0.3) is 0 Å². The molecule has 0 fully saturated rings. The monoisotopic (exact) mass is 345 g/mol. The van der Waals surface area contributed by atoms with Crippen LogP contribution in [-0.4, -0.2) is 28.9 Å². The molecule has 0 aliphatic carbocycles. The zero-order chi connectivity index (χ0) is 17.9. The fraction of sp³-hybridized carbons (Fsp3) is 0.450. The first-order valence-corrected chi connectivity index (χ1v) is 9.32. The van der Waals surface area contributed by atoms with Gasteiger partial charge in [-0.2, -0.15) is 0 Å². The van der Waals surface area contributed by atoms with E-state index in [1.54, 1.807) is 0 Å². The molecule has 1 aromatic heterocycles. The van der Waals surface area contributed by atoms with Crippen LogP contribution >= 0.6 is 11.3 Å². The normalized spacial score (nSPS) is 11.9. The number of phenols is 1. The fourth-order valence-electron chi connectivity index (χ4n) is 2.76. The van der Waals surface area contributed by atoms with E-state index >= 15 is 0 Å². The van der Waals surface area contributed by atoms with Gasteiger partial charge in [-0.05, 0) is 42.1 Å². The van der Waals surface area contributed by atoms with E-state index in [9.17, 15) is 9.90 Å². The van der Waals surface area contributed by atoms with Crippen molar-refractivity contribution in [3.63, 3.8) is 0 Å². The summed E-state index contributed by atoms with van der Waals surface area (Å²) in [7, 11) is 0. The minimum atomic E-state index is -0.228. The fourth-order valence-corrected chi connectivity index (χ4v) is 3.44. The summed E-state index contributed by atoms with van der Waals surface area (Å²) in [4.78, 5) is 15.8. The Morgan fingerprint density at radius 2 is 1.88 bits per heavy atom. The second kappa shape index (κ2) is 7.49. The van der Waals surface area contributed by atoms with Crippen molar-refractivity contribution in [2.45, 2.75) is 46.6 Å². The number of rotatable bonds is 6. The van der Waals surface area contributed by atoms with Crippen molar-refractivity contribution in [3.05, 3.63) is 51.2 Å². The third-order valence-electron chi connectivity index (χ3n) is 4.29. The Kier molecular flexibility index (Phi) is 5.83. The van der Waals surface area contributed by atoms with Crippen LogP contribution in [0.25, 0.3) is 0 Å². The number of nitrogens with zero attached hydrogens (tertiary/aromatic N) is 1. The lowest BCUT2D eigenvalue weighted by atomic mass is 9.83. The van der Waals surface area contributed by atoms with Gasteiger partial charge in [0.2, 0.25) is 5.78 Å². The molecule has 130 valence electrons. The predicted octanol–water partition coefficient (Wildman–Crippen LogP) is 4.82. The van der Waals surface area contributed by atoms with Crippen molar-refractivity contribution >= 4 is 17.1 Å². The molecule has 0 saturated heterocycles. The molecular formula is C20H27NO2S. The molecule has 0 radical (unpaired) electrons. The molecule has 2 aromatic rings. The Morgan fingerprint density at radius 1 is 1.21 bits per heavy atom. The van der Waals surface area contributed by atoms with E-state index in [1.807, 2.05) is 29.6 Å². The van der Waals surface area contributed by atoms with Crippen LogP contribution in [-0.2, 0) is 12.0 Å². The van der Waals surface area contributed by atoms with E-state index < -0.39 is 0 Å².